The molecule has 1 fully saturated rings. The normalized spacial score (nSPS) is 22.7. The van der Waals surface area contributed by atoms with Crippen LogP contribution in [0, 0.1) is 0 Å². The molecule has 0 unspecified atom stereocenters. The van der Waals surface area contributed by atoms with E-state index in [1.807, 2.05) is 6.92 Å². The van der Waals surface area contributed by atoms with Gasteiger partial charge in [0.2, 0.25) is 5.91 Å². The molecule has 4 nitrogen and oxygen atoms in total. The van der Waals surface area contributed by atoms with Crippen molar-refractivity contribution in [3.05, 3.63) is 0 Å². The molecule has 1 saturated heterocycles. The molecule has 1 heterocycles. The molecule has 1 aliphatic rings. The summed E-state index contributed by atoms with van der Waals surface area (Å²) in [5.41, 5.74) is 0. The van der Waals surface area contributed by atoms with Crippen molar-refractivity contribution in [3.63, 3.8) is 0 Å². The van der Waals surface area contributed by atoms with Gasteiger partial charge in [-0.05, 0) is 6.42 Å². The first-order valence-electron chi connectivity index (χ1n) is 4.19. The Morgan fingerprint density at radius 3 is 2.83 bits per heavy atom. The second-order valence-corrected chi connectivity index (χ2v) is 2.76. The topological polar surface area (TPSA) is 46.6 Å². The molecule has 0 aromatic rings. The second-order valence-electron chi connectivity index (χ2n) is 2.76. The number of amides is 2. The lowest BCUT2D eigenvalue weighted by atomic mass is 10.2. The van der Waals surface area contributed by atoms with Crippen molar-refractivity contribution in [2.75, 3.05) is 6.61 Å². The van der Waals surface area contributed by atoms with Gasteiger partial charge in [0.05, 0.1) is 6.04 Å². The van der Waals surface area contributed by atoms with Gasteiger partial charge < -0.3 is 4.74 Å². The van der Waals surface area contributed by atoms with Crippen LogP contribution >= 0.6 is 0 Å². The number of cyclic esters (lactones) is 1. The highest BCUT2D eigenvalue weighted by Crippen LogP contribution is 2.15. The molecule has 68 valence electrons. The first-order chi connectivity index (χ1) is 5.70. The van der Waals surface area contributed by atoms with E-state index in [1.165, 1.54) is 4.90 Å². The average Bonchev–Trinajstić information content (AvgIpc) is 2.45. The van der Waals surface area contributed by atoms with Gasteiger partial charge in [-0.1, -0.05) is 13.8 Å². The van der Waals surface area contributed by atoms with Crippen molar-refractivity contribution in [1.82, 2.24) is 4.90 Å². The molecule has 0 aliphatic carbocycles. The van der Waals surface area contributed by atoms with Gasteiger partial charge in [-0.3, -0.25) is 4.79 Å². The minimum Gasteiger partial charge on any atom is -0.447 e. The maximum atomic E-state index is 11.2. The minimum atomic E-state index is -0.492. The summed E-state index contributed by atoms with van der Waals surface area (Å²) in [5, 5.41) is 0. The highest BCUT2D eigenvalue weighted by molar-refractivity contribution is 5.93. The summed E-state index contributed by atoms with van der Waals surface area (Å²) in [6.45, 7) is 4.02. The number of carbonyl (C=O) groups excluding carboxylic acids is 2. The van der Waals surface area contributed by atoms with E-state index in [2.05, 4.69) is 0 Å². The molecule has 0 bridgehead atoms. The van der Waals surface area contributed by atoms with Gasteiger partial charge in [-0.2, -0.15) is 0 Å². The van der Waals surface area contributed by atoms with Gasteiger partial charge >= 0.3 is 6.09 Å². The highest BCUT2D eigenvalue weighted by Gasteiger charge is 2.35. The van der Waals surface area contributed by atoms with Crippen LogP contribution < -0.4 is 0 Å². The molecule has 0 aromatic carbocycles. The molecule has 4 heteroatoms. The minimum absolute atomic E-state index is 0.0510. The number of nitrogens with zero attached hydrogens (tertiary/aromatic N) is 1. The summed E-state index contributed by atoms with van der Waals surface area (Å²) in [6.07, 6.45) is 0.622. The Hall–Kier alpha value is -1.06. The third-order valence-corrected chi connectivity index (χ3v) is 2.00. The zero-order valence-electron chi connectivity index (χ0n) is 7.37. The van der Waals surface area contributed by atoms with E-state index >= 15 is 0 Å². The molecule has 0 aromatic heterocycles. The maximum Gasteiger partial charge on any atom is 0.416 e. The third kappa shape index (κ3) is 1.42. The maximum absolute atomic E-state index is 11.2. The van der Waals surface area contributed by atoms with Crippen LogP contribution in [-0.4, -0.2) is 29.5 Å². The third-order valence-electron chi connectivity index (χ3n) is 2.00. The molecular weight excluding hydrogens is 158 g/mol. The van der Waals surface area contributed by atoms with Crippen LogP contribution in [0.1, 0.15) is 26.7 Å². The molecule has 12 heavy (non-hydrogen) atoms. The van der Waals surface area contributed by atoms with Crippen molar-refractivity contribution < 1.29 is 14.3 Å². The number of hydrogen-bond donors (Lipinski definition) is 0. The molecular formula is C8H13NO3. The van der Waals surface area contributed by atoms with E-state index in [0.717, 1.165) is 6.42 Å². The number of hydrogen-bond acceptors (Lipinski definition) is 3. The van der Waals surface area contributed by atoms with Crippen LogP contribution in [0.4, 0.5) is 4.79 Å². The largest absolute Gasteiger partial charge is 0.447 e. The monoisotopic (exact) mass is 171 g/mol. The van der Waals surface area contributed by atoms with Crippen molar-refractivity contribution in [3.8, 4) is 0 Å². The first-order valence-corrected chi connectivity index (χ1v) is 4.19. The number of carbonyl (C=O) groups is 2. The SMILES string of the molecule is CCC(=O)N1C(=O)OC[C@@H]1CC. The lowest BCUT2D eigenvalue weighted by molar-refractivity contribution is -0.128. The number of imide groups is 1. The van der Waals surface area contributed by atoms with E-state index < -0.39 is 6.09 Å². The van der Waals surface area contributed by atoms with Crippen molar-refractivity contribution in [2.24, 2.45) is 0 Å². The van der Waals surface area contributed by atoms with Crippen LogP contribution in [0.25, 0.3) is 0 Å². The number of rotatable bonds is 2. The van der Waals surface area contributed by atoms with E-state index in [0.29, 0.717) is 13.0 Å². The van der Waals surface area contributed by atoms with Gasteiger partial charge in [0.1, 0.15) is 6.61 Å². The lowest BCUT2D eigenvalue weighted by Crippen LogP contribution is -2.38. The van der Waals surface area contributed by atoms with Gasteiger partial charge in [-0.15, -0.1) is 0 Å². The highest BCUT2D eigenvalue weighted by atomic mass is 16.6. The van der Waals surface area contributed by atoms with Gasteiger partial charge in [0, 0.05) is 6.42 Å². The molecule has 1 rings (SSSR count). The molecule has 0 N–H and O–H groups in total. The molecule has 2 amide bonds. The fourth-order valence-corrected chi connectivity index (χ4v) is 1.24. The fraction of sp³-hybridized carbons (Fsp3) is 0.750. The Labute approximate surface area is 71.5 Å². The van der Waals surface area contributed by atoms with Crippen LogP contribution in [-0.2, 0) is 9.53 Å². The fourth-order valence-electron chi connectivity index (χ4n) is 1.24. The zero-order chi connectivity index (χ0) is 9.14. The summed E-state index contributed by atoms with van der Waals surface area (Å²) in [7, 11) is 0. The van der Waals surface area contributed by atoms with Crippen molar-refractivity contribution in [2.45, 2.75) is 32.7 Å². The van der Waals surface area contributed by atoms with E-state index in [-0.39, 0.29) is 11.9 Å². The summed E-state index contributed by atoms with van der Waals surface area (Å²) >= 11 is 0. The number of ether oxygens (including phenoxy) is 1. The molecule has 1 aliphatic heterocycles. The Morgan fingerprint density at radius 1 is 1.67 bits per heavy atom. The van der Waals surface area contributed by atoms with Crippen LogP contribution in [0.3, 0.4) is 0 Å². The molecule has 0 spiro atoms. The van der Waals surface area contributed by atoms with Crippen LogP contribution in [0.2, 0.25) is 0 Å². The predicted molar refractivity (Wildman–Crippen MR) is 42.6 cm³/mol. The smallest absolute Gasteiger partial charge is 0.416 e. The van der Waals surface area contributed by atoms with Gasteiger partial charge in [0.15, 0.2) is 0 Å². The Morgan fingerprint density at radius 2 is 2.33 bits per heavy atom. The summed E-state index contributed by atoms with van der Waals surface area (Å²) in [4.78, 5) is 23.5. The Kier molecular flexibility index (Phi) is 2.68. The van der Waals surface area contributed by atoms with Gasteiger partial charge in [-0.25, -0.2) is 9.69 Å². The Balaban J connectivity index is 2.70. The second kappa shape index (κ2) is 3.56. The predicted octanol–water partition coefficient (Wildman–Crippen LogP) is 1.15. The van der Waals surface area contributed by atoms with Gasteiger partial charge in [0.25, 0.3) is 0 Å². The van der Waals surface area contributed by atoms with E-state index in [4.69, 9.17) is 4.74 Å². The molecule has 1 atom stereocenters. The zero-order valence-corrected chi connectivity index (χ0v) is 7.37. The Bertz CT molecular complexity index is 202. The summed E-state index contributed by atoms with van der Waals surface area (Å²) in [6, 6.07) is -0.0510. The van der Waals surface area contributed by atoms with Crippen molar-refractivity contribution >= 4 is 12.0 Å². The van der Waals surface area contributed by atoms with E-state index in [9.17, 15) is 9.59 Å². The van der Waals surface area contributed by atoms with Crippen LogP contribution in [0.15, 0.2) is 0 Å². The quantitative estimate of drug-likeness (QED) is 0.626. The van der Waals surface area contributed by atoms with E-state index in [1.54, 1.807) is 6.92 Å². The molecule has 0 radical (unpaired) electrons. The summed E-state index contributed by atoms with van der Waals surface area (Å²) in [5.74, 6) is -0.149. The average molecular weight is 171 g/mol. The summed E-state index contributed by atoms with van der Waals surface area (Å²) < 4.78 is 4.76. The van der Waals surface area contributed by atoms with Crippen molar-refractivity contribution in [1.29, 1.82) is 0 Å². The standard InChI is InChI=1S/C8H13NO3/c1-3-6-5-12-8(11)9(6)7(10)4-2/h6H,3-5H2,1-2H3/t6-/m0/s1. The van der Waals surface area contributed by atoms with Crippen LogP contribution in [0.5, 0.6) is 0 Å². The molecule has 0 saturated carbocycles. The first kappa shape index (κ1) is 9.03. The lowest BCUT2D eigenvalue weighted by Gasteiger charge is -2.16.